The zero-order chi connectivity index (χ0) is 20.4. The Morgan fingerprint density at radius 2 is 1.72 bits per heavy atom. The maximum absolute atomic E-state index is 13.7. The fourth-order valence-corrected chi connectivity index (χ4v) is 5.17. The maximum Gasteiger partial charge on any atom is 0.243 e. The van der Waals surface area contributed by atoms with Gasteiger partial charge in [0, 0.05) is 37.0 Å². The van der Waals surface area contributed by atoms with Crippen LogP contribution in [0.1, 0.15) is 24.5 Å². The third kappa shape index (κ3) is 4.04. The van der Waals surface area contributed by atoms with Crippen molar-refractivity contribution in [3.8, 4) is 11.3 Å². The van der Waals surface area contributed by atoms with Crippen LogP contribution in [0.4, 0.5) is 8.78 Å². The van der Waals surface area contributed by atoms with Gasteiger partial charge >= 0.3 is 0 Å². The van der Waals surface area contributed by atoms with Crippen molar-refractivity contribution in [3.63, 3.8) is 0 Å². The normalized spacial score (nSPS) is 17.9. The largest absolute Gasteiger partial charge is 0.257 e. The highest BCUT2D eigenvalue weighted by Gasteiger charge is 2.32. The third-order valence-electron chi connectivity index (χ3n) is 5.05. The molecule has 4 rings (SSSR count). The molecule has 2 heterocycles. The van der Waals surface area contributed by atoms with Crippen molar-refractivity contribution in [2.75, 3.05) is 13.1 Å². The lowest BCUT2D eigenvalue weighted by atomic mass is 9.92. The highest BCUT2D eigenvalue weighted by Crippen LogP contribution is 2.33. The summed E-state index contributed by atoms with van der Waals surface area (Å²) in [5, 5.41) is 0. The molecule has 0 saturated carbocycles. The molecule has 8 heteroatoms. The summed E-state index contributed by atoms with van der Waals surface area (Å²) in [4.78, 5) is 8.89. The molecule has 1 atom stereocenters. The molecular formula is C21H19F2N3O2S. The Kier molecular flexibility index (Phi) is 5.38. The van der Waals surface area contributed by atoms with Crippen molar-refractivity contribution in [1.82, 2.24) is 14.3 Å². The van der Waals surface area contributed by atoms with E-state index in [2.05, 4.69) is 9.97 Å². The molecule has 1 aromatic heterocycles. The number of rotatable bonds is 4. The van der Waals surface area contributed by atoms with Crippen LogP contribution in [0.15, 0.2) is 65.8 Å². The number of hydrogen-bond donors (Lipinski definition) is 0. The van der Waals surface area contributed by atoms with Crippen LogP contribution in [-0.4, -0.2) is 35.8 Å². The summed E-state index contributed by atoms with van der Waals surface area (Å²) in [5.74, 6) is -1.03. The van der Waals surface area contributed by atoms with Gasteiger partial charge in [0.1, 0.15) is 11.6 Å². The van der Waals surface area contributed by atoms with Crippen LogP contribution in [0, 0.1) is 11.6 Å². The minimum atomic E-state index is -3.75. The van der Waals surface area contributed by atoms with E-state index in [1.54, 1.807) is 24.5 Å². The predicted octanol–water partition coefficient (Wildman–Crippen LogP) is 3.99. The molecule has 0 bridgehead atoms. The van der Waals surface area contributed by atoms with Gasteiger partial charge in [-0.2, -0.15) is 4.31 Å². The molecule has 0 radical (unpaired) electrons. The molecule has 1 aliphatic rings. The second-order valence-electron chi connectivity index (χ2n) is 6.96. The quantitative estimate of drug-likeness (QED) is 0.646. The number of sulfonamides is 1. The second kappa shape index (κ2) is 7.96. The van der Waals surface area contributed by atoms with Crippen LogP contribution < -0.4 is 0 Å². The predicted molar refractivity (Wildman–Crippen MR) is 105 cm³/mol. The number of halogens is 2. The van der Waals surface area contributed by atoms with Gasteiger partial charge in [0.2, 0.25) is 10.0 Å². The van der Waals surface area contributed by atoms with Crippen LogP contribution in [0.3, 0.4) is 0 Å². The number of piperidine rings is 1. The zero-order valence-corrected chi connectivity index (χ0v) is 16.3. The van der Waals surface area contributed by atoms with E-state index >= 15 is 0 Å². The van der Waals surface area contributed by atoms with Crippen molar-refractivity contribution < 1.29 is 17.2 Å². The topological polar surface area (TPSA) is 63.2 Å². The van der Waals surface area contributed by atoms with E-state index in [-0.39, 0.29) is 23.2 Å². The minimum Gasteiger partial charge on any atom is -0.257 e. The van der Waals surface area contributed by atoms with Crippen molar-refractivity contribution >= 4 is 10.0 Å². The van der Waals surface area contributed by atoms with Gasteiger partial charge in [-0.3, -0.25) is 9.97 Å². The van der Waals surface area contributed by atoms with E-state index < -0.39 is 15.8 Å². The summed E-state index contributed by atoms with van der Waals surface area (Å²) >= 11 is 0. The number of nitrogens with zero attached hydrogens (tertiary/aromatic N) is 3. The van der Waals surface area contributed by atoms with Crippen molar-refractivity contribution in [1.29, 1.82) is 0 Å². The fourth-order valence-electron chi connectivity index (χ4n) is 3.65. The number of benzene rings is 2. The van der Waals surface area contributed by atoms with E-state index in [0.29, 0.717) is 29.9 Å². The Balaban J connectivity index is 1.65. The smallest absolute Gasteiger partial charge is 0.243 e. The minimum absolute atomic E-state index is 0.0593. The summed E-state index contributed by atoms with van der Waals surface area (Å²) in [6.07, 6.45) is 4.51. The first kappa shape index (κ1) is 19.6. The molecule has 0 amide bonds. The van der Waals surface area contributed by atoms with Crippen LogP contribution in [0.25, 0.3) is 11.3 Å². The van der Waals surface area contributed by atoms with Gasteiger partial charge < -0.3 is 0 Å². The summed E-state index contributed by atoms with van der Waals surface area (Å²) in [7, 11) is -3.75. The van der Waals surface area contributed by atoms with Gasteiger partial charge in [0.15, 0.2) is 0 Å². The van der Waals surface area contributed by atoms with Crippen LogP contribution in [0.5, 0.6) is 0 Å². The first-order chi connectivity index (χ1) is 13.9. The summed E-state index contributed by atoms with van der Waals surface area (Å²) in [6, 6.07) is 10.9. The Morgan fingerprint density at radius 1 is 0.966 bits per heavy atom. The van der Waals surface area contributed by atoms with Crippen molar-refractivity contribution in [2.45, 2.75) is 23.7 Å². The van der Waals surface area contributed by atoms with Crippen molar-refractivity contribution in [3.05, 3.63) is 78.3 Å². The zero-order valence-electron chi connectivity index (χ0n) is 15.5. The molecule has 0 unspecified atom stereocenters. The SMILES string of the molecule is O=S(=O)(c1ccc(F)cc1)N1CCC[C@H](c2nccnc2-c2cccc(F)c2)C1. The molecule has 1 saturated heterocycles. The van der Waals surface area contributed by atoms with Gasteiger partial charge in [0.25, 0.3) is 0 Å². The highest BCUT2D eigenvalue weighted by atomic mass is 32.2. The summed E-state index contributed by atoms with van der Waals surface area (Å²) in [5.41, 5.74) is 1.81. The fraction of sp³-hybridized carbons (Fsp3) is 0.238. The standard InChI is InChI=1S/C21H19F2N3O2S/c22-17-6-8-19(9-7-17)29(27,28)26-12-2-4-16(14-26)21-20(24-10-11-25-21)15-3-1-5-18(23)13-15/h1,3,5-11,13,16H,2,4,12,14H2/t16-/m0/s1. The Labute approximate surface area is 168 Å². The average molecular weight is 415 g/mol. The monoisotopic (exact) mass is 415 g/mol. The molecule has 1 fully saturated rings. The lowest BCUT2D eigenvalue weighted by Gasteiger charge is -2.32. The van der Waals surface area contributed by atoms with Gasteiger partial charge in [-0.15, -0.1) is 0 Å². The highest BCUT2D eigenvalue weighted by molar-refractivity contribution is 7.89. The molecule has 5 nitrogen and oxygen atoms in total. The molecule has 29 heavy (non-hydrogen) atoms. The first-order valence-electron chi connectivity index (χ1n) is 9.28. The Hall–Kier alpha value is -2.71. The van der Waals surface area contributed by atoms with Crippen LogP contribution >= 0.6 is 0 Å². The second-order valence-corrected chi connectivity index (χ2v) is 8.89. The summed E-state index contributed by atoms with van der Waals surface area (Å²) in [6.45, 7) is 0.618. The first-order valence-corrected chi connectivity index (χ1v) is 10.7. The van der Waals surface area contributed by atoms with E-state index in [1.807, 2.05) is 0 Å². The molecule has 2 aromatic carbocycles. The molecule has 3 aromatic rings. The van der Waals surface area contributed by atoms with Crippen LogP contribution in [0.2, 0.25) is 0 Å². The average Bonchev–Trinajstić information content (AvgIpc) is 2.74. The maximum atomic E-state index is 13.7. The molecule has 1 aliphatic heterocycles. The van der Waals surface area contributed by atoms with Gasteiger partial charge in [-0.25, -0.2) is 17.2 Å². The van der Waals surface area contributed by atoms with Gasteiger partial charge in [0.05, 0.1) is 16.3 Å². The van der Waals surface area contributed by atoms with E-state index in [1.165, 1.54) is 28.6 Å². The molecule has 0 aliphatic carbocycles. The Bertz CT molecular complexity index is 1120. The van der Waals surface area contributed by atoms with E-state index in [0.717, 1.165) is 18.6 Å². The lowest BCUT2D eigenvalue weighted by molar-refractivity contribution is 0.312. The number of hydrogen-bond acceptors (Lipinski definition) is 4. The summed E-state index contributed by atoms with van der Waals surface area (Å²) < 4.78 is 54.3. The molecular weight excluding hydrogens is 396 g/mol. The van der Waals surface area contributed by atoms with E-state index in [4.69, 9.17) is 0 Å². The van der Waals surface area contributed by atoms with Crippen molar-refractivity contribution in [2.24, 2.45) is 0 Å². The molecule has 0 N–H and O–H groups in total. The molecule has 150 valence electrons. The molecule has 0 spiro atoms. The Morgan fingerprint density at radius 3 is 2.48 bits per heavy atom. The van der Waals surface area contributed by atoms with Gasteiger partial charge in [-0.1, -0.05) is 12.1 Å². The third-order valence-corrected chi connectivity index (χ3v) is 6.93. The van der Waals surface area contributed by atoms with Gasteiger partial charge in [-0.05, 0) is 49.2 Å². The number of aromatic nitrogens is 2. The van der Waals surface area contributed by atoms with Crippen LogP contribution in [-0.2, 0) is 10.0 Å². The lowest BCUT2D eigenvalue weighted by Crippen LogP contribution is -2.39. The van der Waals surface area contributed by atoms with E-state index in [9.17, 15) is 17.2 Å².